The van der Waals surface area contributed by atoms with Gasteiger partial charge in [0.1, 0.15) is 13.2 Å². The van der Waals surface area contributed by atoms with Gasteiger partial charge in [-0.25, -0.2) is 0 Å². The second-order valence-electron chi connectivity index (χ2n) is 16.0. The van der Waals surface area contributed by atoms with Gasteiger partial charge in [0, 0.05) is 19.3 Å². The van der Waals surface area contributed by atoms with Gasteiger partial charge < -0.3 is 14.2 Å². The normalized spacial score (nSPS) is 12.4. The lowest BCUT2D eigenvalue weighted by Gasteiger charge is -2.18. The zero-order valence-corrected chi connectivity index (χ0v) is 37.6. The maximum absolute atomic E-state index is 12.7. The van der Waals surface area contributed by atoms with Crippen LogP contribution < -0.4 is 0 Å². The fourth-order valence-electron chi connectivity index (χ4n) is 6.67. The van der Waals surface area contributed by atoms with E-state index in [0.29, 0.717) is 19.3 Å². The number of carbonyl (C=O) groups is 3. The van der Waals surface area contributed by atoms with E-state index >= 15 is 0 Å². The third-order valence-corrected chi connectivity index (χ3v) is 10.3. The van der Waals surface area contributed by atoms with Crippen LogP contribution >= 0.6 is 0 Å². The molecule has 0 saturated carbocycles. The molecule has 0 aliphatic heterocycles. The largest absolute Gasteiger partial charge is 0.462 e. The van der Waals surface area contributed by atoms with E-state index in [9.17, 15) is 14.4 Å². The molecule has 0 aromatic rings. The molecule has 1 atom stereocenters. The van der Waals surface area contributed by atoms with E-state index in [1.165, 1.54) is 128 Å². The lowest BCUT2D eigenvalue weighted by Crippen LogP contribution is -2.30. The first-order chi connectivity index (χ1) is 28.0. The Morgan fingerprint density at radius 1 is 0.351 bits per heavy atom. The molecule has 0 fully saturated rings. The van der Waals surface area contributed by atoms with Gasteiger partial charge in [0.05, 0.1) is 0 Å². The van der Waals surface area contributed by atoms with Crippen LogP contribution in [0, 0.1) is 0 Å². The van der Waals surface area contributed by atoms with Crippen LogP contribution in [-0.4, -0.2) is 37.2 Å². The second kappa shape index (κ2) is 46.1. The van der Waals surface area contributed by atoms with Crippen molar-refractivity contribution in [3.8, 4) is 0 Å². The average Bonchev–Trinajstić information content (AvgIpc) is 3.21. The minimum Gasteiger partial charge on any atom is -0.462 e. The van der Waals surface area contributed by atoms with Crippen molar-refractivity contribution in [2.24, 2.45) is 0 Å². The number of carbonyl (C=O) groups excluding carboxylic acids is 3. The standard InChI is InChI=1S/C51H90O6/c1-4-7-10-13-16-19-21-23-24-25-26-28-29-32-35-38-41-44-50(53)56-47-48(46-55-49(52)43-40-37-34-31-18-15-12-9-6-3)57-51(54)45-42-39-36-33-30-27-22-20-17-14-11-8-5-2/h16,19,23-24,26,28,32,35,48H,4-15,17-18,20-22,25,27,29-31,33-34,36-47H2,1-3H3/b19-16-,24-23-,28-26-,35-32-/t48-/m1/s1. The van der Waals surface area contributed by atoms with Crippen molar-refractivity contribution in [1.29, 1.82) is 0 Å². The first kappa shape index (κ1) is 54.4. The van der Waals surface area contributed by atoms with Crippen molar-refractivity contribution >= 4 is 17.9 Å². The Bertz CT molecular complexity index is 1010. The van der Waals surface area contributed by atoms with E-state index in [0.717, 1.165) is 64.2 Å². The number of unbranched alkanes of at least 4 members (excludes halogenated alkanes) is 24. The summed E-state index contributed by atoms with van der Waals surface area (Å²) in [6, 6.07) is 0. The summed E-state index contributed by atoms with van der Waals surface area (Å²) in [5, 5.41) is 0. The molecular weight excluding hydrogens is 709 g/mol. The molecule has 0 aliphatic carbocycles. The third-order valence-electron chi connectivity index (χ3n) is 10.3. The summed E-state index contributed by atoms with van der Waals surface area (Å²) in [6.45, 7) is 6.54. The van der Waals surface area contributed by atoms with Gasteiger partial charge in [-0.2, -0.15) is 0 Å². The summed E-state index contributed by atoms with van der Waals surface area (Å²) in [6.07, 6.45) is 53.8. The first-order valence-corrected chi connectivity index (χ1v) is 24.1. The number of ether oxygens (including phenoxy) is 3. The van der Waals surface area contributed by atoms with Crippen molar-refractivity contribution < 1.29 is 28.6 Å². The van der Waals surface area contributed by atoms with Crippen molar-refractivity contribution in [2.75, 3.05) is 13.2 Å². The predicted molar refractivity (Wildman–Crippen MR) is 242 cm³/mol. The van der Waals surface area contributed by atoms with Crippen LogP contribution in [0.5, 0.6) is 0 Å². The molecule has 0 amide bonds. The summed E-state index contributed by atoms with van der Waals surface area (Å²) in [4.78, 5) is 37.7. The number of hydrogen-bond donors (Lipinski definition) is 0. The lowest BCUT2D eigenvalue weighted by atomic mass is 10.0. The molecule has 0 aromatic heterocycles. The van der Waals surface area contributed by atoms with Crippen LogP contribution in [-0.2, 0) is 28.6 Å². The maximum Gasteiger partial charge on any atom is 0.306 e. The molecule has 0 aliphatic rings. The van der Waals surface area contributed by atoms with E-state index in [-0.39, 0.29) is 37.5 Å². The molecule has 0 unspecified atom stereocenters. The van der Waals surface area contributed by atoms with Crippen molar-refractivity contribution in [3.63, 3.8) is 0 Å². The fourth-order valence-corrected chi connectivity index (χ4v) is 6.67. The Labute approximate surface area is 352 Å². The number of esters is 3. The minimum atomic E-state index is -0.788. The number of hydrogen-bond acceptors (Lipinski definition) is 6. The smallest absolute Gasteiger partial charge is 0.306 e. The minimum absolute atomic E-state index is 0.0872. The highest BCUT2D eigenvalue weighted by atomic mass is 16.6. The van der Waals surface area contributed by atoms with E-state index in [1.807, 2.05) is 0 Å². The SMILES string of the molecule is CCCCC/C=C\C/C=C\C/C=C\C/C=C\CCCC(=O)OC[C@@H](COC(=O)CCCCCCCCCCC)OC(=O)CCCCCCCCCCCCCCC. The van der Waals surface area contributed by atoms with Crippen LogP contribution in [0.25, 0.3) is 0 Å². The van der Waals surface area contributed by atoms with E-state index in [2.05, 4.69) is 69.4 Å². The van der Waals surface area contributed by atoms with Gasteiger partial charge in [0.25, 0.3) is 0 Å². The van der Waals surface area contributed by atoms with E-state index in [4.69, 9.17) is 14.2 Å². The molecule has 0 spiro atoms. The first-order valence-electron chi connectivity index (χ1n) is 24.1. The highest BCUT2D eigenvalue weighted by Gasteiger charge is 2.19. The third kappa shape index (κ3) is 44.3. The molecule has 0 rings (SSSR count). The van der Waals surface area contributed by atoms with Gasteiger partial charge in [-0.05, 0) is 57.8 Å². The van der Waals surface area contributed by atoms with Gasteiger partial charge in [0.15, 0.2) is 6.10 Å². The summed E-state index contributed by atoms with van der Waals surface area (Å²) >= 11 is 0. The Hall–Kier alpha value is -2.63. The predicted octanol–water partition coefficient (Wildman–Crippen LogP) is 15.5. The van der Waals surface area contributed by atoms with Crippen LogP contribution in [0.15, 0.2) is 48.6 Å². The monoisotopic (exact) mass is 799 g/mol. The summed E-state index contributed by atoms with van der Waals surface area (Å²) in [5.74, 6) is -0.945. The molecule has 57 heavy (non-hydrogen) atoms. The second-order valence-corrected chi connectivity index (χ2v) is 16.0. The molecule has 0 aromatic carbocycles. The molecule has 0 radical (unpaired) electrons. The number of rotatable bonds is 43. The molecule has 6 nitrogen and oxygen atoms in total. The molecule has 6 heteroatoms. The highest BCUT2D eigenvalue weighted by Crippen LogP contribution is 2.15. The van der Waals surface area contributed by atoms with Crippen LogP contribution in [0.4, 0.5) is 0 Å². The highest BCUT2D eigenvalue weighted by molar-refractivity contribution is 5.71. The van der Waals surface area contributed by atoms with Crippen LogP contribution in [0.3, 0.4) is 0 Å². The van der Waals surface area contributed by atoms with Crippen molar-refractivity contribution in [3.05, 3.63) is 48.6 Å². The zero-order chi connectivity index (χ0) is 41.5. The lowest BCUT2D eigenvalue weighted by molar-refractivity contribution is -0.167. The van der Waals surface area contributed by atoms with Gasteiger partial charge in [-0.15, -0.1) is 0 Å². The molecular formula is C51H90O6. The summed E-state index contributed by atoms with van der Waals surface area (Å²) in [7, 11) is 0. The van der Waals surface area contributed by atoms with Crippen molar-refractivity contribution in [2.45, 2.75) is 245 Å². The Morgan fingerprint density at radius 3 is 1.05 bits per heavy atom. The molecule has 0 saturated heterocycles. The summed E-state index contributed by atoms with van der Waals surface area (Å²) in [5.41, 5.74) is 0. The number of allylic oxidation sites excluding steroid dienone is 8. The molecule has 330 valence electrons. The Balaban J connectivity index is 4.42. The van der Waals surface area contributed by atoms with Gasteiger partial charge in [-0.3, -0.25) is 14.4 Å². The van der Waals surface area contributed by atoms with Crippen LogP contribution in [0.2, 0.25) is 0 Å². The molecule has 0 bridgehead atoms. The zero-order valence-electron chi connectivity index (χ0n) is 37.6. The van der Waals surface area contributed by atoms with Crippen molar-refractivity contribution in [1.82, 2.24) is 0 Å². The fraction of sp³-hybridized carbons (Fsp3) is 0.784. The Morgan fingerprint density at radius 2 is 0.649 bits per heavy atom. The summed E-state index contributed by atoms with van der Waals surface area (Å²) < 4.78 is 16.7. The molecule has 0 heterocycles. The van der Waals surface area contributed by atoms with Gasteiger partial charge in [0.2, 0.25) is 0 Å². The molecule has 0 N–H and O–H groups in total. The van der Waals surface area contributed by atoms with E-state index < -0.39 is 6.10 Å². The van der Waals surface area contributed by atoms with E-state index in [1.54, 1.807) is 0 Å². The topological polar surface area (TPSA) is 78.9 Å². The Kier molecular flexibility index (Phi) is 43.9. The van der Waals surface area contributed by atoms with Gasteiger partial charge in [-0.1, -0.05) is 211 Å². The average molecular weight is 799 g/mol. The maximum atomic E-state index is 12.7. The quantitative estimate of drug-likeness (QED) is 0.0265. The van der Waals surface area contributed by atoms with Gasteiger partial charge >= 0.3 is 17.9 Å². The van der Waals surface area contributed by atoms with Crippen LogP contribution in [0.1, 0.15) is 239 Å².